The lowest BCUT2D eigenvalue weighted by Crippen LogP contribution is -2.57. The second-order valence-electron chi connectivity index (χ2n) is 8.64. The van der Waals surface area contributed by atoms with Crippen molar-refractivity contribution in [3.05, 3.63) is 18.2 Å². The highest BCUT2D eigenvalue weighted by atomic mass is 16.4. The normalized spacial score (nSPS) is 14.2. The lowest BCUT2D eigenvalue weighted by Gasteiger charge is -2.24. The van der Waals surface area contributed by atoms with E-state index in [4.69, 9.17) is 11.5 Å². The van der Waals surface area contributed by atoms with Crippen molar-refractivity contribution in [2.75, 3.05) is 0 Å². The smallest absolute Gasteiger partial charge is 0.326 e. The standard InChI is InChI=1S/C21H33N7O8/c1-10(2)5-12(22)18(32)26-13(3-4-16(23)29)19(33)27-14(7-17(30)31)20(34)28-15(21(35)36)6-11-8-24-9-25-11/h8-10,12-15H,3-7,22H2,1-2H3,(H2,23,29)(H,24,25)(H,26,32)(H,27,33)(H,28,34)(H,30,31)(H,35,36). The lowest BCUT2D eigenvalue weighted by molar-refractivity contribution is -0.143. The van der Waals surface area contributed by atoms with E-state index in [1.165, 1.54) is 12.5 Å². The Morgan fingerprint density at radius 1 is 0.972 bits per heavy atom. The molecule has 4 atom stereocenters. The Balaban J connectivity index is 3.01. The first-order valence-corrected chi connectivity index (χ1v) is 11.2. The number of hydrogen-bond donors (Lipinski definition) is 8. The summed E-state index contributed by atoms with van der Waals surface area (Å²) in [4.78, 5) is 78.6. The summed E-state index contributed by atoms with van der Waals surface area (Å²) in [6, 6.07) is -5.44. The monoisotopic (exact) mass is 511 g/mol. The molecule has 15 nitrogen and oxygen atoms in total. The number of carboxylic acid groups (broad SMARTS) is 2. The van der Waals surface area contributed by atoms with Crippen LogP contribution in [0.25, 0.3) is 0 Å². The van der Waals surface area contributed by atoms with Gasteiger partial charge in [-0.2, -0.15) is 0 Å². The van der Waals surface area contributed by atoms with Gasteiger partial charge < -0.3 is 42.6 Å². The number of aromatic amines is 1. The summed E-state index contributed by atoms with van der Waals surface area (Å²) in [5, 5.41) is 25.4. The number of nitrogens with zero attached hydrogens (tertiary/aromatic N) is 1. The molecule has 0 saturated carbocycles. The third-order valence-corrected chi connectivity index (χ3v) is 4.98. The number of carbonyl (C=O) groups excluding carboxylic acids is 4. The van der Waals surface area contributed by atoms with Crippen LogP contribution in [0.4, 0.5) is 0 Å². The molecule has 0 aliphatic heterocycles. The van der Waals surface area contributed by atoms with Crippen LogP contribution < -0.4 is 27.4 Å². The quantitative estimate of drug-likeness (QED) is 0.117. The van der Waals surface area contributed by atoms with Crippen molar-refractivity contribution in [1.29, 1.82) is 0 Å². The van der Waals surface area contributed by atoms with Gasteiger partial charge in [0.25, 0.3) is 0 Å². The molecule has 0 saturated heterocycles. The van der Waals surface area contributed by atoms with Crippen molar-refractivity contribution in [3.63, 3.8) is 0 Å². The van der Waals surface area contributed by atoms with E-state index in [1.54, 1.807) is 0 Å². The zero-order valence-corrected chi connectivity index (χ0v) is 20.0. The Morgan fingerprint density at radius 2 is 1.56 bits per heavy atom. The van der Waals surface area contributed by atoms with Gasteiger partial charge in [0.1, 0.15) is 18.1 Å². The van der Waals surface area contributed by atoms with Gasteiger partial charge >= 0.3 is 11.9 Å². The second-order valence-corrected chi connectivity index (χ2v) is 8.64. The van der Waals surface area contributed by atoms with Crippen LogP contribution in [0.1, 0.15) is 45.2 Å². The average molecular weight is 512 g/mol. The molecule has 1 heterocycles. The van der Waals surface area contributed by atoms with Gasteiger partial charge in [0.2, 0.25) is 23.6 Å². The van der Waals surface area contributed by atoms with E-state index in [-0.39, 0.29) is 25.2 Å². The van der Waals surface area contributed by atoms with E-state index in [0.29, 0.717) is 12.1 Å². The van der Waals surface area contributed by atoms with Crippen LogP contribution >= 0.6 is 0 Å². The molecule has 1 rings (SSSR count). The summed E-state index contributed by atoms with van der Waals surface area (Å²) in [5.74, 6) is -6.25. The van der Waals surface area contributed by atoms with Crippen molar-refractivity contribution in [2.24, 2.45) is 17.4 Å². The van der Waals surface area contributed by atoms with Gasteiger partial charge in [-0.25, -0.2) is 9.78 Å². The van der Waals surface area contributed by atoms with Crippen LogP contribution in [0, 0.1) is 5.92 Å². The number of amides is 4. The maximum atomic E-state index is 12.9. The fourth-order valence-corrected chi connectivity index (χ4v) is 3.19. The Labute approximate surface area is 206 Å². The molecule has 1 aromatic heterocycles. The number of aliphatic carboxylic acids is 2. The van der Waals surface area contributed by atoms with Crippen LogP contribution in [0.3, 0.4) is 0 Å². The van der Waals surface area contributed by atoms with Crippen molar-refractivity contribution in [2.45, 2.75) is 70.1 Å². The van der Waals surface area contributed by atoms with Crippen LogP contribution in [0.15, 0.2) is 12.5 Å². The number of nitrogens with one attached hydrogen (secondary N) is 4. The molecule has 0 fully saturated rings. The van der Waals surface area contributed by atoms with Crippen molar-refractivity contribution in [3.8, 4) is 0 Å². The Hall–Kier alpha value is -4.01. The minimum absolute atomic E-state index is 0.0798. The van der Waals surface area contributed by atoms with Crippen LogP contribution in [0.2, 0.25) is 0 Å². The largest absolute Gasteiger partial charge is 0.481 e. The van der Waals surface area contributed by atoms with E-state index in [1.807, 2.05) is 13.8 Å². The van der Waals surface area contributed by atoms with Crippen LogP contribution in [-0.2, 0) is 35.2 Å². The number of imidazole rings is 1. The van der Waals surface area contributed by atoms with E-state index in [0.717, 1.165) is 0 Å². The first-order chi connectivity index (χ1) is 16.8. The predicted molar refractivity (Wildman–Crippen MR) is 124 cm³/mol. The summed E-state index contributed by atoms with van der Waals surface area (Å²) >= 11 is 0. The summed E-state index contributed by atoms with van der Waals surface area (Å²) < 4.78 is 0. The molecule has 10 N–H and O–H groups in total. The van der Waals surface area contributed by atoms with Crippen molar-refractivity contribution in [1.82, 2.24) is 25.9 Å². The molecule has 36 heavy (non-hydrogen) atoms. The number of primary amides is 1. The Morgan fingerprint density at radius 3 is 2.06 bits per heavy atom. The number of rotatable bonds is 16. The van der Waals surface area contributed by atoms with Gasteiger partial charge in [-0.05, 0) is 18.8 Å². The molecular weight excluding hydrogens is 478 g/mol. The molecule has 0 aromatic carbocycles. The number of aromatic nitrogens is 2. The molecule has 200 valence electrons. The van der Waals surface area contributed by atoms with Crippen LogP contribution in [0.5, 0.6) is 0 Å². The molecule has 4 amide bonds. The lowest BCUT2D eigenvalue weighted by atomic mass is 10.0. The highest BCUT2D eigenvalue weighted by Gasteiger charge is 2.32. The molecule has 0 aliphatic carbocycles. The predicted octanol–water partition coefficient (Wildman–Crippen LogP) is -2.40. The maximum absolute atomic E-state index is 12.9. The fourth-order valence-electron chi connectivity index (χ4n) is 3.19. The molecule has 0 radical (unpaired) electrons. The van der Waals surface area contributed by atoms with Crippen LogP contribution in [-0.4, -0.2) is 79.9 Å². The Kier molecular flexibility index (Phi) is 12.0. The first kappa shape index (κ1) is 30.0. The topological polar surface area (TPSA) is 260 Å². The Bertz CT molecular complexity index is 935. The van der Waals surface area contributed by atoms with E-state index in [9.17, 15) is 39.0 Å². The third-order valence-electron chi connectivity index (χ3n) is 4.98. The molecular formula is C21H33N7O8. The van der Waals surface area contributed by atoms with E-state index in [2.05, 4.69) is 25.9 Å². The number of hydrogen-bond acceptors (Lipinski definition) is 8. The molecule has 0 aliphatic rings. The van der Waals surface area contributed by atoms with E-state index >= 15 is 0 Å². The molecule has 4 unspecified atom stereocenters. The minimum Gasteiger partial charge on any atom is -0.481 e. The zero-order chi connectivity index (χ0) is 27.4. The second kappa shape index (κ2) is 14.4. The summed E-state index contributed by atoms with van der Waals surface area (Å²) in [7, 11) is 0. The number of carboxylic acids is 2. The minimum atomic E-state index is -1.68. The summed E-state index contributed by atoms with van der Waals surface area (Å²) in [5.41, 5.74) is 11.4. The number of H-pyrrole nitrogens is 1. The third kappa shape index (κ3) is 10.9. The molecule has 0 spiro atoms. The average Bonchev–Trinajstić information content (AvgIpc) is 3.27. The van der Waals surface area contributed by atoms with Gasteiger partial charge in [-0.15, -0.1) is 0 Å². The van der Waals surface area contributed by atoms with Gasteiger partial charge in [0, 0.05) is 24.7 Å². The zero-order valence-electron chi connectivity index (χ0n) is 20.0. The summed E-state index contributed by atoms with van der Waals surface area (Å²) in [6.45, 7) is 3.69. The maximum Gasteiger partial charge on any atom is 0.326 e. The molecule has 1 aromatic rings. The van der Waals surface area contributed by atoms with Crippen molar-refractivity contribution < 1.29 is 39.0 Å². The summed E-state index contributed by atoms with van der Waals surface area (Å²) in [6.07, 6.45) is 1.40. The molecule has 15 heteroatoms. The highest BCUT2D eigenvalue weighted by Crippen LogP contribution is 2.06. The van der Waals surface area contributed by atoms with Gasteiger partial charge in [-0.3, -0.25) is 24.0 Å². The first-order valence-electron chi connectivity index (χ1n) is 11.2. The number of carbonyl (C=O) groups is 6. The highest BCUT2D eigenvalue weighted by molar-refractivity contribution is 5.95. The SMILES string of the molecule is CC(C)CC(N)C(=O)NC(CCC(N)=O)C(=O)NC(CC(=O)O)C(=O)NC(Cc1cnc[nH]1)C(=O)O. The fraction of sp³-hybridized carbons (Fsp3) is 0.571. The van der Waals surface area contributed by atoms with Gasteiger partial charge in [0.15, 0.2) is 0 Å². The van der Waals surface area contributed by atoms with Gasteiger partial charge in [-0.1, -0.05) is 13.8 Å². The van der Waals surface area contributed by atoms with Gasteiger partial charge in [0.05, 0.1) is 18.8 Å². The van der Waals surface area contributed by atoms with Crippen molar-refractivity contribution >= 4 is 35.6 Å². The number of nitrogens with two attached hydrogens (primary N) is 2. The molecule has 0 bridgehead atoms. The van der Waals surface area contributed by atoms with E-state index < -0.39 is 66.2 Å².